The molecule has 0 saturated carbocycles. The van der Waals surface area contributed by atoms with Crippen LogP contribution in [0.15, 0.2) is 18.2 Å². The van der Waals surface area contributed by atoms with Gasteiger partial charge >= 0.3 is 0 Å². The van der Waals surface area contributed by atoms with Gasteiger partial charge in [-0.3, -0.25) is 0 Å². The first kappa shape index (κ1) is 15.3. The lowest BCUT2D eigenvalue weighted by Crippen LogP contribution is -2.19. The molecule has 0 amide bonds. The Kier molecular flexibility index (Phi) is 7.14. The summed E-state index contributed by atoms with van der Waals surface area (Å²) in [6.07, 6.45) is 3.33. The van der Waals surface area contributed by atoms with Gasteiger partial charge in [-0.25, -0.2) is 0 Å². The van der Waals surface area contributed by atoms with Crippen LogP contribution in [0.3, 0.4) is 0 Å². The Morgan fingerprint density at radius 3 is 2.67 bits per heavy atom. The first-order valence-corrected chi connectivity index (χ1v) is 7.22. The van der Waals surface area contributed by atoms with Crippen molar-refractivity contribution in [2.45, 2.75) is 46.1 Å². The first-order chi connectivity index (χ1) is 8.69. The number of ether oxygens (including phenoxy) is 1. The summed E-state index contributed by atoms with van der Waals surface area (Å²) >= 11 is 6.23. The molecule has 0 spiro atoms. The monoisotopic (exact) mass is 269 g/mol. The molecular formula is C15H24ClNO. The molecule has 1 N–H and O–H groups in total. The van der Waals surface area contributed by atoms with E-state index in [0.717, 1.165) is 38.2 Å². The highest BCUT2D eigenvalue weighted by molar-refractivity contribution is 6.32. The molecule has 1 atom stereocenters. The van der Waals surface area contributed by atoms with E-state index in [1.165, 1.54) is 5.56 Å². The Bertz CT molecular complexity index is 354. The van der Waals surface area contributed by atoms with Gasteiger partial charge in [0.25, 0.3) is 0 Å². The number of halogens is 1. The first-order valence-electron chi connectivity index (χ1n) is 6.84. The van der Waals surface area contributed by atoms with E-state index in [4.69, 9.17) is 16.3 Å². The largest absolute Gasteiger partial charge is 0.492 e. The molecule has 0 saturated heterocycles. The minimum Gasteiger partial charge on any atom is -0.492 e. The molecule has 0 fully saturated rings. The van der Waals surface area contributed by atoms with Gasteiger partial charge in [0.15, 0.2) is 0 Å². The summed E-state index contributed by atoms with van der Waals surface area (Å²) in [5.74, 6) is 0.788. The molecule has 3 heteroatoms. The van der Waals surface area contributed by atoms with E-state index in [9.17, 15) is 0 Å². The maximum atomic E-state index is 6.23. The van der Waals surface area contributed by atoms with Gasteiger partial charge in [0.2, 0.25) is 0 Å². The van der Waals surface area contributed by atoms with Crippen molar-refractivity contribution in [1.82, 2.24) is 5.32 Å². The van der Waals surface area contributed by atoms with Crippen molar-refractivity contribution >= 4 is 11.6 Å². The van der Waals surface area contributed by atoms with Gasteiger partial charge in [0, 0.05) is 6.04 Å². The van der Waals surface area contributed by atoms with Gasteiger partial charge in [-0.15, -0.1) is 0 Å². The molecule has 0 radical (unpaired) electrons. The molecule has 102 valence electrons. The predicted molar refractivity (Wildman–Crippen MR) is 78.6 cm³/mol. The van der Waals surface area contributed by atoms with Crippen LogP contribution in [0.25, 0.3) is 0 Å². The van der Waals surface area contributed by atoms with Crippen LogP contribution in [0.1, 0.15) is 51.6 Å². The summed E-state index contributed by atoms with van der Waals surface area (Å²) in [6.45, 7) is 8.22. The van der Waals surface area contributed by atoms with Crippen molar-refractivity contribution in [2.24, 2.45) is 0 Å². The summed E-state index contributed by atoms with van der Waals surface area (Å²) in [5, 5.41) is 4.15. The molecule has 0 aliphatic rings. The summed E-state index contributed by atoms with van der Waals surface area (Å²) in [4.78, 5) is 0. The summed E-state index contributed by atoms with van der Waals surface area (Å²) in [6, 6.07) is 6.38. The maximum Gasteiger partial charge on any atom is 0.137 e. The van der Waals surface area contributed by atoms with E-state index in [2.05, 4.69) is 32.2 Å². The molecular weight excluding hydrogens is 246 g/mol. The lowest BCUT2D eigenvalue weighted by molar-refractivity contribution is 0.309. The van der Waals surface area contributed by atoms with Gasteiger partial charge < -0.3 is 10.1 Å². The van der Waals surface area contributed by atoms with E-state index >= 15 is 0 Å². The standard InChI is InChI=1S/C15H24ClNO/c1-4-6-10-18-15-8-7-13(11-14(15)16)12(3)17-9-5-2/h7-8,11-12,17H,4-6,9-10H2,1-3H3. The van der Waals surface area contributed by atoms with Crippen LogP contribution in [-0.2, 0) is 0 Å². The van der Waals surface area contributed by atoms with Crippen LogP contribution in [0, 0.1) is 0 Å². The Balaban J connectivity index is 2.60. The van der Waals surface area contributed by atoms with Gasteiger partial charge in [-0.1, -0.05) is 37.9 Å². The minimum absolute atomic E-state index is 0.326. The molecule has 2 nitrogen and oxygen atoms in total. The Morgan fingerprint density at radius 1 is 1.28 bits per heavy atom. The predicted octanol–water partition coefficient (Wildman–Crippen LogP) is 4.58. The van der Waals surface area contributed by atoms with Crippen LogP contribution < -0.4 is 10.1 Å². The number of rotatable bonds is 8. The zero-order chi connectivity index (χ0) is 13.4. The Hall–Kier alpha value is -0.730. The van der Waals surface area contributed by atoms with Gasteiger partial charge in [-0.05, 0) is 44.0 Å². The highest BCUT2D eigenvalue weighted by Crippen LogP contribution is 2.28. The molecule has 1 aromatic rings. The van der Waals surface area contributed by atoms with Gasteiger partial charge in [-0.2, -0.15) is 0 Å². The van der Waals surface area contributed by atoms with Gasteiger partial charge in [0.05, 0.1) is 11.6 Å². The second-order valence-electron chi connectivity index (χ2n) is 4.57. The van der Waals surface area contributed by atoms with Crippen molar-refractivity contribution in [2.75, 3.05) is 13.2 Å². The molecule has 0 aliphatic heterocycles. The van der Waals surface area contributed by atoms with E-state index < -0.39 is 0 Å². The second kappa shape index (κ2) is 8.39. The average molecular weight is 270 g/mol. The third-order valence-electron chi connectivity index (χ3n) is 2.91. The molecule has 0 aliphatic carbocycles. The topological polar surface area (TPSA) is 21.3 Å². The summed E-state index contributed by atoms with van der Waals surface area (Å²) in [7, 11) is 0. The molecule has 0 heterocycles. The number of unbranched alkanes of at least 4 members (excludes halogenated alkanes) is 1. The van der Waals surface area contributed by atoms with Crippen molar-refractivity contribution in [3.05, 3.63) is 28.8 Å². The van der Waals surface area contributed by atoms with Crippen molar-refractivity contribution in [1.29, 1.82) is 0 Å². The summed E-state index contributed by atoms with van der Waals surface area (Å²) < 4.78 is 5.64. The zero-order valence-corrected chi connectivity index (χ0v) is 12.4. The van der Waals surface area contributed by atoms with Crippen LogP contribution in [0.5, 0.6) is 5.75 Å². The lowest BCUT2D eigenvalue weighted by atomic mass is 10.1. The van der Waals surface area contributed by atoms with Crippen molar-refractivity contribution in [3.8, 4) is 5.75 Å². The van der Waals surface area contributed by atoms with Crippen molar-refractivity contribution < 1.29 is 4.74 Å². The zero-order valence-electron chi connectivity index (χ0n) is 11.6. The number of hydrogen-bond donors (Lipinski definition) is 1. The SMILES string of the molecule is CCCCOc1ccc(C(C)NCCC)cc1Cl. The number of nitrogens with one attached hydrogen (secondary N) is 1. The van der Waals surface area contributed by atoms with Gasteiger partial charge in [0.1, 0.15) is 5.75 Å². The molecule has 0 bridgehead atoms. The smallest absolute Gasteiger partial charge is 0.137 e. The van der Waals surface area contributed by atoms with Crippen molar-refractivity contribution in [3.63, 3.8) is 0 Å². The Labute approximate surface area is 116 Å². The fourth-order valence-corrected chi connectivity index (χ4v) is 1.95. The summed E-state index contributed by atoms with van der Waals surface area (Å²) in [5.41, 5.74) is 1.20. The molecule has 1 rings (SSSR count). The Morgan fingerprint density at radius 2 is 2.06 bits per heavy atom. The van der Waals surface area contributed by atoms with E-state index in [0.29, 0.717) is 11.1 Å². The molecule has 1 unspecified atom stereocenters. The van der Waals surface area contributed by atoms with Crippen LogP contribution in [0.4, 0.5) is 0 Å². The average Bonchev–Trinajstić information content (AvgIpc) is 2.38. The quantitative estimate of drug-likeness (QED) is 0.698. The number of hydrogen-bond acceptors (Lipinski definition) is 2. The lowest BCUT2D eigenvalue weighted by Gasteiger charge is -2.15. The third-order valence-corrected chi connectivity index (χ3v) is 3.21. The fourth-order valence-electron chi connectivity index (χ4n) is 1.71. The normalized spacial score (nSPS) is 12.4. The van der Waals surface area contributed by atoms with Crippen LogP contribution in [0.2, 0.25) is 5.02 Å². The van der Waals surface area contributed by atoms with Crippen LogP contribution in [-0.4, -0.2) is 13.2 Å². The highest BCUT2D eigenvalue weighted by atomic mass is 35.5. The molecule has 18 heavy (non-hydrogen) atoms. The molecule has 1 aromatic carbocycles. The third kappa shape index (κ3) is 4.87. The van der Waals surface area contributed by atoms with E-state index in [1.54, 1.807) is 0 Å². The highest BCUT2D eigenvalue weighted by Gasteiger charge is 2.08. The maximum absolute atomic E-state index is 6.23. The second-order valence-corrected chi connectivity index (χ2v) is 4.97. The molecule has 0 aromatic heterocycles. The van der Waals surface area contributed by atoms with E-state index in [-0.39, 0.29) is 0 Å². The minimum atomic E-state index is 0.326. The number of benzene rings is 1. The fraction of sp³-hybridized carbons (Fsp3) is 0.600. The van der Waals surface area contributed by atoms with E-state index in [1.807, 2.05) is 12.1 Å². The van der Waals surface area contributed by atoms with Crippen LogP contribution >= 0.6 is 11.6 Å².